The minimum absolute atomic E-state index is 0.0273. The lowest BCUT2D eigenvalue weighted by molar-refractivity contribution is -0.116. The van der Waals surface area contributed by atoms with E-state index >= 15 is 0 Å². The van der Waals surface area contributed by atoms with Crippen LogP contribution < -0.4 is 0 Å². The van der Waals surface area contributed by atoms with Gasteiger partial charge in [-0.2, -0.15) is 0 Å². The van der Waals surface area contributed by atoms with Crippen LogP contribution in [0.5, 0.6) is 0 Å². The number of oxime groups is 1. The highest BCUT2D eigenvalue weighted by Gasteiger charge is 2.30. The number of thioether (sulfide) groups is 1. The molecule has 0 saturated heterocycles. The Balaban J connectivity index is 1.54. The molecular weight excluding hydrogens is 384 g/mol. The predicted octanol–water partition coefficient (Wildman–Crippen LogP) is 5.43. The van der Waals surface area contributed by atoms with Crippen molar-refractivity contribution in [2.75, 3.05) is 12.4 Å². The molecule has 1 atom stereocenters. The minimum atomic E-state index is -0.863. The van der Waals surface area contributed by atoms with Gasteiger partial charge < -0.3 is 9.94 Å². The summed E-state index contributed by atoms with van der Waals surface area (Å²) in [6.07, 6.45) is 4.30. The van der Waals surface area contributed by atoms with Crippen molar-refractivity contribution in [2.24, 2.45) is 17.0 Å². The van der Waals surface area contributed by atoms with E-state index in [0.29, 0.717) is 60.1 Å². The highest BCUT2D eigenvalue weighted by Crippen LogP contribution is 2.32. The van der Waals surface area contributed by atoms with Crippen LogP contribution in [0, 0.1) is 23.5 Å². The summed E-state index contributed by atoms with van der Waals surface area (Å²) in [7, 11) is 0. The van der Waals surface area contributed by atoms with Crippen molar-refractivity contribution in [2.45, 2.75) is 50.3 Å². The van der Waals surface area contributed by atoms with Crippen LogP contribution in [0.15, 0.2) is 39.6 Å². The number of allylic oxidation sites excluding steroid dienone is 2. The maximum absolute atomic E-state index is 13.3. The van der Waals surface area contributed by atoms with Gasteiger partial charge in [0.2, 0.25) is 0 Å². The van der Waals surface area contributed by atoms with Crippen molar-refractivity contribution in [3.63, 3.8) is 0 Å². The number of rotatable bonds is 9. The smallest absolute Gasteiger partial charge is 0.168 e. The second-order valence-corrected chi connectivity index (χ2v) is 8.53. The van der Waals surface area contributed by atoms with Crippen LogP contribution in [0.1, 0.15) is 45.4 Å². The number of nitrogens with zero attached hydrogens (tertiary/aromatic N) is 1. The molecule has 7 heteroatoms. The lowest BCUT2D eigenvalue weighted by atomic mass is 9.83. The summed E-state index contributed by atoms with van der Waals surface area (Å²) in [5.74, 6) is -0.498. The van der Waals surface area contributed by atoms with Crippen molar-refractivity contribution in [1.82, 2.24) is 0 Å². The second-order valence-electron chi connectivity index (χ2n) is 7.36. The zero-order valence-corrected chi connectivity index (χ0v) is 16.7. The highest BCUT2D eigenvalue weighted by molar-refractivity contribution is 7.99. The molecule has 0 bridgehead atoms. The van der Waals surface area contributed by atoms with E-state index in [9.17, 15) is 18.7 Å². The first kappa shape index (κ1) is 20.8. The summed E-state index contributed by atoms with van der Waals surface area (Å²) in [6.45, 7) is 2.45. The van der Waals surface area contributed by atoms with Gasteiger partial charge in [0.15, 0.2) is 17.4 Å². The summed E-state index contributed by atoms with van der Waals surface area (Å²) >= 11 is 1.41. The molecule has 0 aliphatic heterocycles. The molecule has 0 heterocycles. The van der Waals surface area contributed by atoms with Gasteiger partial charge in [-0.3, -0.25) is 4.79 Å². The van der Waals surface area contributed by atoms with Gasteiger partial charge in [0.25, 0.3) is 0 Å². The number of hydrogen-bond acceptors (Lipinski definition) is 5. The fourth-order valence-electron chi connectivity index (χ4n) is 3.21. The number of Topliss-reactive ketones (excluding diaryl/α,β-unsaturated/α-hetero) is 1. The summed E-state index contributed by atoms with van der Waals surface area (Å²) in [5, 5.41) is 14.5. The first-order valence-corrected chi connectivity index (χ1v) is 10.7. The number of hydrogen-bond donors (Lipinski definition) is 1. The van der Waals surface area contributed by atoms with E-state index in [0.717, 1.165) is 18.9 Å². The molecule has 0 amide bonds. The summed E-state index contributed by atoms with van der Waals surface area (Å²) < 4.78 is 26.2. The Kier molecular flexibility index (Phi) is 7.10. The normalized spacial score (nSPS) is 20.6. The standard InChI is InChI=1S/C21H25F2NO3S/c1-2-18(24-27-12-13-3-4-13)21-19(25)9-14(10-20(21)26)7-8-28-15-5-6-16(22)17(23)11-15/h5-6,11,13-14,25H,2-4,7-10,12H2,1H3/b24-18-. The number of halogens is 2. The molecule has 1 unspecified atom stereocenters. The number of aliphatic hydroxyl groups excluding tert-OH is 1. The fraction of sp³-hybridized carbons (Fsp3) is 0.524. The van der Waals surface area contributed by atoms with E-state index in [1.54, 1.807) is 0 Å². The molecule has 28 heavy (non-hydrogen) atoms. The van der Waals surface area contributed by atoms with Crippen LogP contribution in [-0.2, 0) is 9.63 Å². The fourth-order valence-corrected chi connectivity index (χ4v) is 4.24. The Morgan fingerprint density at radius 2 is 2.04 bits per heavy atom. The lowest BCUT2D eigenvalue weighted by Crippen LogP contribution is -2.25. The molecule has 2 aliphatic rings. The summed E-state index contributed by atoms with van der Waals surface area (Å²) in [4.78, 5) is 18.6. The van der Waals surface area contributed by atoms with Gasteiger partial charge >= 0.3 is 0 Å². The third-order valence-corrected chi connectivity index (χ3v) is 6.04. The van der Waals surface area contributed by atoms with Crippen LogP contribution >= 0.6 is 11.8 Å². The molecule has 4 nitrogen and oxygen atoms in total. The van der Waals surface area contributed by atoms with Gasteiger partial charge in [0, 0.05) is 17.7 Å². The molecule has 1 aromatic carbocycles. The monoisotopic (exact) mass is 409 g/mol. The van der Waals surface area contributed by atoms with Crippen molar-refractivity contribution in [1.29, 1.82) is 0 Å². The maximum atomic E-state index is 13.3. The Labute approximate surface area is 168 Å². The van der Waals surface area contributed by atoms with Crippen LogP contribution in [0.4, 0.5) is 8.78 Å². The third-order valence-electron chi connectivity index (χ3n) is 5.01. The number of ketones is 1. The lowest BCUT2D eigenvalue weighted by Gasteiger charge is -2.23. The number of aliphatic hydroxyl groups is 1. The zero-order valence-electron chi connectivity index (χ0n) is 15.9. The first-order chi connectivity index (χ1) is 13.5. The Morgan fingerprint density at radius 3 is 2.68 bits per heavy atom. The van der Waals surface area contributed by atoms with Crippen molar-refractivity contribution in [3.8, 4) is 0 Å². The SMILES string of the molecule is CC/C(=N/OCC1CC1)C1=C(O)CC(CCSc2ccc(F)c(F)c2)CC1=O. The van der Waals surface area contributed by atoms with Gasteiger partial charge in [0.05, 0.1) is 11.3 Å². The van der Waals surface area contributed by atoms with Gasteiger partial charge in [-0.1, -0.05) is 12.1 Å². The Bertz CT molecular complexity index is 790. The quantitative estimate of drug-likeness (QED) is 0.336. The van der Waals surface area contributed by atoms with Crippen LogP contribution in [0.25, 0.3) is 0 Å². The van der Waals surface area contributed by atoms with E-state index in [2.05, 4.69) is 5.16 Å². The molecule has 152 valence electrons. The topological polar surface area (TPSA) is 58.9 Å². The van der Waals surface area contributed by atoms with Crippen LogP contribution in [0.3, 0.4) is 0 Å². The molecule has 1 aromatic rings. The summed E-state index contributed by atoms with van der Waals surface area (Å²) in [6, 6.07) is 3.82. The number of carbonyl (C=O) groups is 1. The molecule has 1 saturated carbocycles. The van der Waals surface area contributed by atoms with Gasteiger partial charge in [-0.05, 0) is 61.5 Å². The first-order valence-electron chi connectivity index (χ1n) is 9.70. The molecule has 1 N–H and O–H groups in total. The number of carbonyl (C=O) groups excluding carboxylic acids is 1. The van der Waals surface area contributed by atoms with Crippen LogP contribution in [0.2, 0.25) is 0 Å². The maximum Gasteiger partial charge on any atom is 0.168 e. The van der Waals surface area contributed by atoms with Crippen molar-refractivity contribution in [3.05, 3.63) is 41.2 Å². The molecular formula is C21H25F2NO3S. The average molecular weight is 409 g/mol. The molecule has 0 aromatic heterocycles. The zero-order chi connectivity index (χ0) is 20.1. The second kappa shape index (κ2) is 9.54. The van der Waals surface area contributed by atoms with E-state index < -0.39 is 11.6 Å². The molecule has 1 fully saturated rings. The molecule has 0 spiro atoms. The largest absolute Gasteiger partial charge is 0.511 e. The molecule has 3 rings (SSSR count). The Hall–Kier alpha value is -1.89. The van der Waals surface area contributed by atoms with E-state index in [4.69, 9.17) is 4.84 Å². The highest BCUT2D eigenvalue weighted by atomic mass is 32.2. The Morgan fingerprint density at radius 1 is 1.25 bits per heavy atom. The van der Waals surface area contributed by atoms with Crippen molar-refractivity contribution >= 4 is 23.3 Å². The van der Waals surface area contributed by atoms with E-state index in [-0.39, 0.29) is 17.5 Å². The minimum Gasteiger partial charge on any atom is -0.511 e. The van der Waals surface area contributed by atoms with Gasteiger partial charge in [0.1, 0.15) is 12.4 Å². The molecule has 0 radical (unpaired) electrons. The van der Waals surface area contributed by atoms with Gasteiger partial charge in [-0.25, -0.2) is 8.78 Å². The van der Waals surface area contributed by atoms with E-state index in [1.807, 2.05) is 6.92 Å². The number of benzene rings is 1. The molecule has 2 aliphatic carbocycles. The summed E-state index contributed by atoms with van der Waals surface area (Å²) in [5.41, 5.74) is 0.820. The van der Waals surface area contributed by atoms with Gasteiger partial charge in [-0.15, -0.1) is 11.8 Å². The average Bonchev–Trinajstić information content (AvgIpc) is 3.47. The third kappa shape index (κ3) is 5.56. The predicted molar refractivity (Wildman–Crippen MR) is 105 cm³/mol. The van der Waals surface area contributed by atoms with Crippen molar-refractivity contribution < 1.29 is 23.5 Å². The van der Waals surface area contributed by atoms with E-state index in [1.165, 1.54) is 23.9 Å². The van der Waals surface area contributed by atoms with Crippen LogP contribution in [-0.4, -0.2) is 29.0 Å².